The Hall–Kier alpha value is -5.81. The van der Waals surface area contributed by atoms with E-state index < -0.39 is 75.8 Å². The molecule has 1 saturated heterocycles. The zero-order valence-electron chi connectivity index (χ0n) is 61.8. The summed E-state index contributed by atoms with van der Waals surface area (Å²) in [5, 5.41) is 5.41. The maximum absolute atomic E-state index is 13.1. The molecule has 24 heteroatoms. The minimum atomic E-state index is -0.712. The highest BCUT2D eigenvalue weighted by atomic mass is 16.6. The molecular weight excluding hydrogens is 1190 g/mol. The first-order valence-corrected chi connectivity index (χ1v) is 33.4. The number of alkyl carbamates (subject to hydrolysis) is 2. The van der Waals surface area contributed by atoms with Crippen LogP contribution in [0.4, 0.5) is 33.6 Å². The molecule has 2 N–H and O–H groups in total. The van der Waals surface area contributed by atoms with Crippen molar-refractivity contribution >= 4 is 54.2 Å². The summed E-state index contributed by atoms with van der Waals surface area (Å²) in [5.41, 5.74) is -4.48. The molecule has 1 rings (SSSR count). The Morgan fingerprint density at radius 1 is 0.359 bits per heavy atom. The lowest BCUT2D eigenvalue weighted by molar-refractivity contribution is -0.118. The molecule has 1 aliphatic heterocycles. The lowest BCUT2D eigenvalue weighted by Crippen LogP contribution is -2.42. The topological polar surface area (TPSA) is 268 Å². The van der Waals surface area contributed by atoms with Crippen molar-refractivity contribution < 1.29 is 81.0 Å². The number of unbranched alkanes of at least 4 members (excludes halogenated alkanes) is 4. The highest BCUT2D eigenvalue weighted by Gasteiger charge is 2.29. The molecule has 7 amide bonds. The fraction of sp³-hybridized carbons (Fsp3) is 0.868. The van der Waals surface area contributed by atoms with Gasteiger partial charge >= 0.3 is 42.7 Å². The summed E-state index contributed by atoms with van der Waals surface area (Å²) in [6.07, 6.45) is 8.01. The van der Waals surface area contributed by atoms with Gasteiger partial charge in [-0.05, 0) is 236 Å². The van der Waals surface area contributed by atoms with Crippen molar-refractivity contribution in [3.8, 4) is 0 Å². The molecule has 0 aromatic heterocycles. The van der Waals surface area contributed by atoms with Gasteiger partial charge in [-0.1, -0.05) is 13.3 Å². The molecule has 0 aromatic carbocycles. The van der Waals surface area contributed by atoms with Crippen molar-refractivity contribution in [1.29, 1.82) is 0 Å². The molecule has 1 unspecified atom stereocenters. The number of hydrogen-bond acceptors (Lipinski definition) is 17. The Morgan fingerprint density at radius 3 is 0.880 bits per heavy atom. The Bertz CT molecular complexity index is 2170. The van der Waals surface area contributed by atoms with Crippen LogP contribution in [0.15, 0.2) is 0 Å². The van der Waals surface area contributed by atoms with Gasteiger partial charge in [0.15, 0.2) is 0 Å². The average molecular weight is 1320 g/mol. The van der Waals surface area contributed by atoms with Gasteiger partial charge in [0, 0.05) is 85.0 Å². The molecule has 538 valence electrons. The molecule has 1 fully saturated rings. The molecule has 0 radical (unpaired) electrons. The van der Waals surface area contributed by atoms with Gasteiger partial charge in [0.2, 0.25) is 0 Å². The molecule has 24 nitrogen and oxygen atoms in total. The standard InChI is InChI=1S/C33H62N4O9.C29H55N3O7.C6H12O/c1-25(38)24-37(29(42)46-33(11,12)13)23-17-22-36(28(41)45-32(8,9)10)20-15-14-19-35(27(40)44-31(5,6)7)21-16-18-34-26(39)43-30(2,3)4;1-23(33)17-12-11-13-19-31(25(35)38-28(5,6)7)20-14-15-21-32(26(36)39-29(8,9)10)22-16-18-30-24(34)37-27(2,3)4;1-2-6-4-3-5-7-6/h14-24H2,1-13H3,(H,34,39);11-22H2,1-10H3,(H,30,34);6H,2-5H2,1H3. The smallest absolute Gasteiger partial charge is 0.410 e. The van der Waals surface area contributed by atoms with Crippen LogP contribution in [0.2, 0.25) is 0 Å². The van der Waals surface area contributed by atoms with Gasteiger partial charge in [0.25, 0.3) is 0 Å². The number of ketones is 2. The average Bonchev–Trinajstić information content (AvgIpc) is 3.48. The Kier molecular flexibility index (Phi) is 41.5. The van der Waals surface area contributed by atoms with Gasteiger partial charge < -0.3 is 77.8 Å². The van der Waals surface area contributed by atoms with E-state index in [-0.39, 0.29) is 37.3 Å². The summed E-state index contributed by atoms with van der Waals surface area (Å²) in [6.45, 7) is 48.1. The molecule has 0 aromatic rings. The SMILES string of the molecule is CC(=O)CCCCCN(CCCCN(CCCNC(=O)OC(C)(C)C)C(=O)OC(C)(C)C)C(=O)OC(C)(C)C.CC(=O)CN(CCCN(CCCCN(CCCNC(=O)OC(C)(C)C)C(=O)OC(C)(C)C)C(=O)OC(C)(C)C)C(=O)OC(C)(C)C.CCC1CCCO1. The molecule has 0 spiro atoms. The van der Waals surface area contributed by atoms with Gasteiger partial charge in [0.1, 0.15) is 50.8 Å². The van der Waals surface area contributed by atoms with Crippen molar-refractivity contribution in [3.05, 3.63) is 0 Å². The third kappa shape index (κ3) is 53.7. The van der Waals surface area contributed by atoms with E-state index in [1.807, 2.05) is 41.5 Å². The molecule has 1 heterocycles. The number of carbonyl (C=O) groups is 9. The van der Waals surface area contributed by atoms with E-state index >= 15 is 0 Å². The maximum atomic E-state index is 13.1. The minimum absolute atomic E-state index is 0.0881. The summed E-state index contributed by atoms with van der Waals surface area (Å²) in [4.78, 5) is 119. The fourth-order valence-electron chi connectivity index (χ4n) is 8.35. The number of ether oxygens (including phenoxy) is 8. The molecular formula is C68H129N7O17. The highest BCUT2D eigenvalue weighted by molar-refractivity contribution is 5.82. The summed E-state index contributed by atoms with van der Waals surface area (Å²) in [5.74, 6) is -0.000758. The first kappa shape index (κ1) is 88.2. The van der Waals surface area contributed by atoms with Crippen LogP contribution in [0.3, 0.4) is 0 Å². The van der Waals surface area contributed by atoms with E-state index in [4.69, 9.17) is 37.9 Å². The van der Waals surface area contributed by atoms with Crippen LogP contribution in [0.1, 0.15) is 256 Å². The quantitative estimate of drug-likeness (QED) is 0.0482. The van der Waals surface area contributed by atoms with E-state index in [1.165, 1.54) is 31.1 Å². The van der Waals surface area contributed by atoms with Gasteiger partial charge in [-0.2, -0.15) is 0 Å². The van der Waals surface area contributed by atoms with Crippen molar-refractivity contribution in [2.24, 2.45) is 0 Å². The third-order valence-corrected chi connectivity index (χ3v) is 12.2. The lowest BCUT2D eigenvalue weighted by Gasteiger charge is -2.30. The zero-order valence-corrected chi connectivity index (χ0v) is 61.8. The van der Waals surface area contributed by atoms with Crippen LogP contribution in [-0.4, -0.2) is 209 Å². The molecule has 92 heavy (non-hydrogen) atoms. The Balaban J connectivity index is 0. The van der Waals surface area contributed by atoms with Crippen molar-refractivity contribution in [3.63, 3.8) is 0 Å². The van der Waals surface area contributed by atoms with Gasteiger partial charge in [-0.15, -0.1) is 0 Å². The second-order valence-electron chi connectivity index (χ2n) is 30.4. The molecule has 1 atom stereocenters. The van der Waals surface area contributed by atoms with E-state index in [2.05, 4.69) is 17.6 Å². The number of carbonyl (C=O) groups excluding carboxylic acids is 9. The van der Waals surface area contributed by atoms with E-state index in [0.717, 1.165) is 25.9 Å². The lowest BCUT2D eigenvalue weighted by atomic mass is 10.1. The summed E-state index contributed by atoms with van der Waals surface area (Å²) < 4.78 is 43.6. The second-order valence-corrected chi connectivity index (χ2v) is 30.4. The molecule has 0 aliphatic carbocycles. The number of nitrogens with zero attached hydrogens (tertiary/aromatic N) is 5. The Labute approximate surface area is 554 Å². The van der Waals surface area contributed by atoms with Crippen LogP contribution in [0.5, 0.6) is 0 Å². The number of hydrogen-bond donors (Lipinski definition) is 2. The summed E-state index contributed by atoms with van der Waals surface area (Å²) >= 11 is 0. The molecule has 1 aliphatic rings. The normalized spacial score (nSPS) is 13.5. The predicted octanol–water partition coefficient (Wildman–Crippen LogP) is 14.3. The van der Waals surface area contributed by atoms with Crippen LogP contribution < -0.4 is 10.6 Å². The summed E-state index contributed by atoms with van der Waals surface area (Å²) in [7, 11) is 0. The number of Topliss-reactive ketones (excluding diaryl/α,β-unsaturated/α-hetero) is 2. The molecule has 0 saturated carbocycles. The predicted molar refractivity (Wildman–Crippen MR) is 359 cm³/mol. The highest BCUT2D eigenvalue weighted by Crippen LogP contribution is 2.19. The fourth-order valence-corrected chi connectivity index (χ4v) is 8.35. The van der Waals surface area contributed by atoms with Crippen LogP contribution in [-0.2, 0) is 47.5 Å². The van der Waals surface area contributed by atoms with Crippen LogP contribution in [0, 0.1) is 0 Å². The Morgan fingerprint density at radius 2 is 0.630 bits per heavy atom. The minimum Gasteiger partial charge on any atom is -0.444 e. The third-order valence-electron chi connectivity index (χ3n) is 12.2. The number of nitrogens with one attached hydrogen (secondary N) is 2. The van der Waals surface area contributed by atoms with Gasteiger partial charge in [-0.3, -0.25) is 4.79 Å². The first-order chi connectivity index (χ1) is 42.0. The van der Waals surface area contributed by atoms with Crippen LogP contribution >= 0.6 is 0 Å². The largest absolute Gasteiger partial charge is 0.444 e. The van der Waals surface area contributed by atoms with Crippen molar-refractivity contribution in [2.45, 2.75) is 301 Å². The summed E-state index contributed by atoms with van der Waals surface area (Å²) in [6, 6.07) is 0. The second kappa shape index (κ2) is 43.2. The van der Waals surface area contributed by atoms with Gasteiger partial charge in [-0.25, -0.2) is 33.6 Å². The first-order valence-electron chi connectivity index (χ1n) is 33.4. The van der Waals surface area contributed by atoms with Crippen molar-refractivity contribution in [2.75, 3.05) is 85.1 Å². The monoisotopic (exact) mass is 1320 g/mol. The number of amides is 7. The number of rotatable bonds is 31. The zero-order chi connectivity index (χ0) is 71.3. The van der Waals surface area contributed by atoms with Gasteiger partial charge in [0.05, 0.1) is 12.6 Å². The van der Waals surface area contributed by atoms with E-state index in [9.17, 15) is 43.2 Å². The van der Waals surface area contributed by atoms with E-state index in [1.54, 1.807) is 130 Å². The van der Waals surface area contributed by atoms with E-state index in [0.29, 0.717) is 116 Å². The maximum Gasteiger partial charge on any atom is 0.410 e. The molecule has 0 bridgehead atoms. The van der Waals surface area contributed by atoms with Crippen molar-refractivity contribution in [1.82, 2.24) is 35.1 Å². The van der Waals surface area contributed by atoms with Crippen LogP contribution in [0.25, 0.3) is 0 Å².